The average Bonchev–Trinajstić information content (AvgIpc) is 3.73. The fraction of sp³-hybridized carbons (Fsp3) is 0.250. The normalized spacial score (nSPS) is 11.1. The highest BCUT2D eigenvalue weighted by Gasteiger charge is 2.19. The number of benzene rings is 3. The Balaban J connectivity index is 1.21. The van der Waals surface area contributed by atoms with Gasteiger partial charge >= 0.3 is 12.1 Å². The number of amides is 1. The lowest BCUT2D eigenvalue weighted by Crippen LogP contribution is -2.32. The van der Waals surface area contributed by atoms with E-state index in [4.69, 9.17) is 31.5 Å². The average molecular weight is 677 g/mol. The number of halogens is 1. The van der Waals surface area contributed by atoms with Crippen LogP contribution in [0.25, 0.3) is 22.5 Å². The van der Waals surface area contributed by atoms with Gasteiger partial charge in [0.15, 0.2) is 5.15 Å². The number of esters is 1. The largest absolute Gasteiger partial charge is 0.443 e. The fourth-order valence-electron chi connectivity index (χ4n) is 4.86. The number of H-pyrrole nitrogens is 1. The van der Waals surface area contributed by atoms with Crippen molar-refractivity contribution in [3.8, 4) is 28.3 Å². The number of aromatic nitrogens is 6. The van der Waals surface area contributed by atoms with Crippen molar-refractivity contribution < 1.29 is 34.3 Å². The summed E-state index contributed by atoms with van der Waals surface area (Å²) < 4.78 is 12.6. The van der Waals surface area contributed by atoms with Gasteiger partial charge in [0.25, 0.3) is 0 Å². The van der Waals surface area contributed by atoms with Crippen LogP contribution < -0.4 is 10.1 Å². The number of carbonyl (C=O) groups is 2. The summed E-state index contributed by atoms with van der Waals surface area (Å²) in [5.74, 6) is 0.710. The van der Waals surface area contributed by atoms with Gasteiger partial charge in [-0.05, 0) is 46.0 Å². The molecule has 0 aliphatic heterocycles. The van der Waals surface area contributed by atoms with Crippen LogP contribution in [-0.4, -0.2) is 64.6 Å². The summed E-state index contributed by atoms with van der Waals surface area (Å²) in [4.78, 5) is 33.9. The molecule has 4 N–H and O–H groups in total. The van der Waals surface area contributed by atoms with Gasteiger partial charge in [-0.2, -0.15) is 5.21 Å². The van der Waals surface area contributed by atoms with Crippen LogP contribution in [0.4, 0.5) is 4.79 Å². The van der Waals surface area contributed by atoms with Crippen molar-refractivity contribution in [1.29, 1.82) is 0 Å². The van der Waals surface area contributed by atoms with Gasteiger partial charge in [0.2, 0.25) is 5.82 Å². The number of alkyl carbamates (subject to hydrolysis) is 1. The Labute approximate surface area is 279 Å². The maximum Gasteiger partial charge on any atom is 0.408 e. The van der Waals surface area contributed by atoms with Crippen molar-refractivity contribution in [2.45, 2.75) is 45.9 Å². The van der Waals surface area contributed by atoms with Crippen LogP contribution in [0.5, 0.6) is 5.75 Å². The predicted molar refractivity (Wildman–Crippen MR) is 170 cm³/mol. The van der Waals surface area contributed by atoms with E-state index in [0.717, 1.165) is 40.9 Å². The fourth-order valence-corrected chi connectivity index (χ4v) is 5.12. The highest BCUT2D eigenvalue weighted by molar-refractivity contribution is 6.30. The number of unbranched alkanes of at least 4 members (excludes halogenated alkanes) is 1. The second-order valence-electron chi connectivity index (χ2n) is 10.5. The first-order valence-corrected chi connectivity index (χ1v) is 15.4. The smallest absolute Gasteiger partial charge is 0.408 e. The van der Waals surface area contributed by atoms with E-state index in [9.17, 15) is 9.59 Å². The molecule has 2 aromatic heterocycles. The molecular weight excluding hydrogens is 644 g/mol. The Morgan fingerprint density at radius 2 is 1.79 bits per heavy atom. The molecule has 0 spiro atoms. The minimum absolute atomic E-state index is 0.176. The molecule has 0 aliphatic rings. The van der Waals surface area contributed by atoms with E-state index in [0.29, 0.717) is 30.0 Å². The van der Waals surface area contributed by atoms with Crippen molar-refractivity contribution in [1.82, 2.24) is 40.9 Å². The van der Waals surface area contributed by atoms with Gasteiger partial charge < -0.3 is 19.4 Å². The summed E-state index contributed by atoms with van der Waals surface area (Å²) >= 11 is 6.54. The number of imidazole rings is 1. The number of tetrazole rings is 1. The number of aromatic amines is 1. The molecule has 2 heterocycles. The highest BCUT2D eigenvalue weighted by atomic mass is 35.5. The highest BCUT2D eigenvalue weighted by Crippen LogP contribution is 2.30. The second-order valence-corrected chi connectivity index (χ2v) is 10.9. The van der Waals surface area contributed by atoms with E-state index in [1.165, 1.54) is 12.1 Å². The molecule has 0 bridgehead atoms. The number of aryl methyl sites for hydroxylation is 1. The molecule has 250 valence electrons. The zero-order chi connectivity index (χ0) is 33.9. The number of ether oxygens (including phenoxy) is 2. The standard InChI is InChI=1S/C32H33ClN8O7/c1-2-3-11-28-35-30(33)27(20-46-32(43)34-17-29(42)48-24-8-6-7-22(16-24)19-47-41(44)45)40(28)18-21-12-14-23(15-13-21)25-9-4-5-10-26(25)31-36-38-39-37-31/h4-10,12-16,44-45H,2-3,11,17-20H2,1H3,(H,34,43)(H,36,37,38,39). The van der Waals surface area contributed by atoms with Crippen LogP contribution in [0.1, 0.15) is 42.4 Å². The molecule has 16 heteroatoms. The van der Waals surface area contributed by atoms with Gasteiger partial charge in [-0.3, -0.25) is 10.4 Å². The molecule has 5 rings (SSSR count). The van der Waals surface area contributed by atoms with E-state index in [2.05, 4.69) is 42.7 Å². The Morgan fingerprint density at radius 3 is 2.52 bits per heavy atom. The summed E-state index contributed by atoms with van der Waals surface area (Å²) in [5.41, 5.74) is 4.81. The SMILES string of the molecule is CCCCc1nc(Cl)c(COC(=O)NCC(=O)Oc2cccc(CON(O)O)c2)n1Cc1ccc(-c2ccccc2-c2nn[nH]n2)cc1. The Hall–Kier alpha value is -5.19. The molecular formula is C32H33ClN8O7. The van der Waals surface area contributed by atoms with Crippen LogP contribution in [-0.2, 0) is 40.5 Å². The van der Waals surface area contributed by atoms with Crippen LogP contribution in [0.15, 0.2) is 72.8 Å². The predicted octanol–water partition coefficient (Wildman–Crippen LogP) is 5.12. The van der Waals surface area contributed by atoms with E-state index in [1.807, 2.05) is 53.1 Å². The van der Waals surface area contributed by atoms with Crippen molar-refractivity contribution >= 4 is 23.7 Å². The monoisotopic (exact) mass is 676 g/mol. The van der Waals surface area contributed by atoms with Crippen LogP contribution >= 0.6 is 11.6 Å². The molecule has 0 saturated heterocycles. The first-order chi connectivity index (χ1) is 23.3. The molecule has 0 unspecified atom stereocenters. The number of nitrogens with one attached hydrogen (secondary N) is 2. The molecule has 0 saturated carbocycles. The molecule has 48 heavy (non-hydrogen) atoms. The maximum absolute atomic E-state index is 12.5. The molecule has 1 amide bonds. The molecule has 0 aliphatic carbocycles. The zero-order valence-electron chi connectivity index (χ0n) is 25.9. The lowest BCUT2D eigenvalue weighted by Gasteiger charge is -2.14. The topological polar surface area (TPSA) is 190 Å². The number of rotatable bonds is 15. The molecule has 15 nitrogen and oxygen atoms in total. The van der Waals surface area contributed by atoms with Crippen molar-refractivity contribution in [3.63, 3.8) is 0 Å². The lowest BCUT2D eigenvalue weighted by atomic mass is 9.98. The Kier molecular flexibility index (Phi) is 11.8. The second kappa shape index (κ2) is 16.6. The number of nitrogens with zero attached hydrogens (tertiary/aromatic N) is 6. The zero-order valence-corrected chi connectivity index (χ0v) is 26.6. The van der Waals surface area contributed by atoms with E-state index >= 15 is 0 Å². The van der Waals surface area contributed by atoms with Crippen LogP contribution in [0.3, 0.4) is 0 Å². The maximum atomic E-state index is 12.5. The minimum Gasteiger partial charge on any atom is -0.443 e. The third kappa shape index (κ3) is 9.21. The van der Waals surface area contributed by atoms with E-state index in [1.54, 1.807) is 12.1 Å². The van der Waals surface area contributed by atoms with Crippen molar-refractivity contribution in [3.05, 3.63) is 101 Å². The molecule has 5 aromatic rings. The number of hydrogen-bond donors (Lipinski definition) is 4. The lowest BCUT2D eigenvalue weighted by molar-refractivity contribution is -0.497. The minimum atomic E-state index is -0.844. The first kappa shape index (κ1) is 34.2. The van der Waals surface area contributed by atoms with Gasteiger partial charge in [-0.25, -0.2) is 19.4 Å². The summed E-state index contributed by atoms with van der Waals surface area (Å²) in [6.07, 6.45) is 1.71. The van der Waals surface area contributed by atoms with Crippen molar-refractivity contribution in [2.75, 3.05) is 6.54 Å². The molecule has 0 radical (unpaired) electrons. The summed E-state index contributed by atoms with van der Waals surface area (Å²) in [7, 11) is 0. The van der Waals surface area contributed by atoms with Gasteiger partial charge in [0.05, 0.1) is 17.7 Å². The molecule has 0 atom stereocenters. The van der Waals surface area contributed by atoms with Gasteiger partial charge in [0.1, 0.15) is 24.7 Å². The Bertz CT molecular complexity index is 1810. The van der Waals surface area contributed by atoms with E-state index in [-0.39, 0.29) is 24.1 Å². The third-order valence-corrected chi connectivity index (χ3v) is 7.47. The first-order valence-electron chi connectivity index (χ1n) is 15.0. The van der Waals surface area contributed by atoms with Crippen LogP contribution in [0.2, 0.25) is 5.15 Å². The van der Waals surface area contributed by atoms with Gasteiger partial charge in [0, 0.05) is 18.5 Å². The number of carbonyl (C=O) groups excluding carboxylic acids is 2. The third-order valence-electron chi connectivity index (χ3n) is 7.17. The summed E-state index contributed by atoms with van der Waals surface area (Å²) in [6.45, 7) is 1.72. The molecule has 0 fully saturated rings. The quantitative estimate of drug-likeness (QED) is 0.0652. The van der Waals surface area contributed by atoms with E-state index < -0.39 is 24.0 Å². The molecule has 3 aromatic carbocycles. The van der Waals surface area contributed by atoms with Gasteiger partial charge in [-0.15, -0.1) is 10.2 Å². The van der Waals surface area contributed by atoms with Crippen molar-refractivity contribution in [2.24, 2.45) is 0 Å². The van der Waals surface area contributed by atoms with Crippen LogP contribution in [0, 0.1) is 0 Å². The number of hydrogen-bond acceptors (Lipinski definition) is 12. The summed E-state index contributed by atoms with van der Waals surface area (Å²) in [5, 5.41) is 34.0. The summed E-state index contributed by atoms with van der Waals surface area (Å²) in [6, 6.07) is 22.1. The Morgan fingerprint density at radius 1 is 1.00 bits per heavy atom. The van der Waals surface area contributed by atoms with Gasteiger partial charge in [-0.1, -0.05) is 85.6 Å².